The van der Waals surface area contributed by atoms with Crippen LogP contribution in [-0.2, 0) is 13.0 Å². The molecule has 8 heteroatoms. The maximum absolute atomic E-state index is 13.2. The van der Waals surface area contributed by atoms with E-state index in [-0.39, 0.29) is 23.2 Å². The zero-order valence-corrected chi connectivity index (χ0v) is 17.3. The molecule has 0 atom stereocenters. The van der Waals surface area contributed by atoms with Crippen molar-refractivity contribution in [3.8, 4) is 0 Å². The summed E-state index contributed by atoms with van der Waals surface area (Å²) in [6.07, 6.45) is 0.953. The Kier molecular flexibility index (Phi) is 5.02. The number of fused-ring (bicyclic) bond motifs is 1. The number of aromatic amines is 1. The van der Waals surface area contributed by atoms with Gasteiger partial charge in [-0.2, -0.15) is 9.50 Å². The number of rotatable bonds is 5. The summed E-state index contributed by atoms with van der Waals surface area (Å²) in [5.74, 6) is 0.357. The molecular formula is C21H21N5O2S. The Morgan fingerprint density at radius 1 is 1.14 bits per heavy atom. The molecule has 148 valence electrons. The van der Waals surface area contributed by atoms with E-state index in [0.717, 1.165) is 12.0 Å². The first-order valence-electron chi connectivity index (χ1n) is 9.37. The van der Waals surface area contributed by atoms with Crippen LogP contribution in [0.3, 0.4) is 0 Å². The van der Waals surface area contributed by atoms with Crippen molar-refractivity contribution in [2.75, 3.05) is 4.90 Å². The lowest BCUT2D eigenvalue weighted by atomic mass is 10.1. The fourth-order valence-corrected chi connectivity index (χ4v) is 3.72. The third-order valence-electron chi connectivity index (χ3n) is 4.96. The maximum atomic E-state index is 13.2. The Morgan fingerprint density at radius 3 is 2.52 bits per heavy atom. The summed E-state index contributed by atoms with van der Waals surface area (Å²) in [5, 5.41) is 4.82. The summed E-state index contributed by atoms with van der Waals surface area (Å²) in [6.45, 7) is 5.93. The van der Waals surface area contributed by atoms with Gasteiger partial charge in [-0.3, -0.25) is 19.6 Å². The number of amides is 1. The lowest BCUT2D eigenvalue weighted by Crippen LogP contribution is -2.31. The van der Waals surface area contributed by atoms with Crippen LogP contribution in [0.5, 0.6) is 0 Å². The number of benzene rings is 1. The smallest absolute Gasteiger partial charge is 0.272 e. The van der Waals surface area contributed by atoms with E-state index in [1.165, 1.54) is 21.4 Å². The molecule has 4 rings (SSSR count). The molecule has 3 heterocycles. The van der Waals surface area contributed by atoms with E-state index in [9.17, 15) is 9.59 Å². The zero-order valence-electron chi connectivity index (χ0n) is 16.5. The fraction of sp³-hybridized carbons (Fsp3) is 0.238. The largest absolute Gasteiger partial charge is 0.277 e. The van der Waals surface area contributed by atoms with Gasteiger partial charge in [-0.25, -0.2) is 4.98 Å². The van der Waals surface area contributed by atoms with Gasteiger partial charge in [0.1, 0.15) is 0 Å². The molecule has 0 saturated carbocycles. The van der Waals surface area contributed by atoms with Gasteiger partial charge in [0.2, 0.25) is 5.95 Å². The van der Waals surface area contributed by atoms with E-state index in [2.05, 4.69) is 34.1 Å². The molecular weight excluding hydrogens is 386 g/mol. The van der Waals surface area contributed by atoms with Crippen LogP contribution in [0.15, 0.2) is 46.6 Å². The molecule has 1 amide bonds. The number of thiophene rings is 1. The molecule has 0 bridgehead atoms. The van der Waals surface area contributed by atoms with E-state index in [1.54, 1.807) is 24.8 Å². The molecule has 0 aliphatic rings. The minimum Gasteiger partial charge on any atom is -0.272 e. The topological polar surface area (TPSA) is 83.4 Å². The second-order valence-corrected chi connectivity index (χ2v) is 7.80. The lowest BCUT2D eigenvalue weighted by Gasteiger charge is -2.19. The van der Waals surface area contributed by atoms with Crippen molar-refractivity contribution in [1.82, 2.24) is 19.6 Å². The highest BCUT2D eigenvalue weighted by Gasteiger charge is 2.23. The Bertz CT molecular complexity index is 1220. The maximum Gasteiger partial charge on any atom is 0.277 e. The molecule has 1 aromatic carbocycles. The first-order valence-corrected chi connectivity index (χ1v) is 10.2. The van der Waals surface area contributed by atoms with Crippen molar-refractivity contribution < 1.29 is 4.79 Å². The highest BCUT2D eigenvalue weighted by Crippen LogP contribution is 2.20. The number of carbonyl (C=O) groups is 1. The lowest BCUT2D eigenvalue weighted by molar-refractivity contribution is 0.0987. The Balaban J connectivity index is 1.79. The fourth-order valence-electron chi connectivity index (χ4n) is 3.05. The Labute approximate surface area is 171 Å². The molecule has 7 nitrogen and oxygen atoms in total. The van der Waals surface area contributed by atoms with Crippen LogP contribution in [-0.4, -0.2) is 25.5 Å². The van der Waals surface area contributed by atoms with Gasteiger partial charge in [0.25, 0.3) is 17.2 Å². The molecule has 0 unspecified atom stereocenters. The summed E-state index contributed by atoms with van der Waals surface area (Å²) in [4.78, 5) is 36.7. The molecule has 0 spiro atoms. The van der Waals surface area contributed by atoms with Gasteiger partial charge in [-0.1, -0.05) is 37.3 Å². The summed E-state index contributed by atoms with van der Waals surface area (Å²) >= 11 is 1.37. The summed E-state index contributed by atoms with van der Waals surface area (Å²) in [6, 6.07) is 11.7. The predicted octanol–water partition coefficient (Wildman–Crippen LogP) is 3.51. The number of hydrogen-bond donors (Lipinski definition) is 1. The van der Waals surface area contributed by atoms with E-state index >= 15 is 0 Å². The average molecular weight is 407 g/mol. The van der Waals surface area contributed by atoms with E-state index in [1.807, 2.05) is 23.6 Å². The van der Waals surface area contributed by atoms with Crippen LogP contribution in [0.4, 0.5) is 5.95 Å². The standard InChI is InChI=1S/C21H21N5O2S/c1-4-15-7-9-16(10-8-15)12-25(19(28)17-6-5-11-29-17)21-23-20-22-14(3)13(2)18(27)26(20)24-21/h5-11H,4,12H2,1-3H3,(H,22,23,24). The average Bonchev–Trinajstić information content (AvgIpc) is 3.40. The van der Waals surface area contributed by atoms with Crippen LogP contribution in [0.25, 0.3) is 5.78 Å². The number of hydrogen-bond acceptors (Lipinski definition) is 5. The van der Waals surface area contributed by atoms with Crippen molar-refractivity contribution in [2.24, 2.45) is 0 Å². The van der Waals surface area contributed by atoms with Crippen molar-refractivity contribution in [3.63, 3.8) is 0 Å². The Morgan fingerprint density at radius 2 is 1.86 bits per heavy atom. The summed E-state index contributed by atoms with van der Waals surface area (Å²) < 4.78 is 1.28. The minimum atomic E-state index is -0.220. The third kappa shape index (κ3) is 3.58. The first-order chi connectivity index (χ1) is 14.0. The van der Waals surface area contributed by atoms with Crippen LogP contribution in [0, 0.1) is 13.8 Å². The highest BCUT2D eigenvalue weighted by molar-refractivity contribution is 7.12. The van der Waals surface area contributed by atoms with Gasteiger partial charge in [-0.15, -0.1) is 11.3 Å². The normalized spacial score (nSPS) is 11.1. The van der Waals surface area contributed by atoms with Gasteiger partial charge >= 0.3 is 0 Å². The number of aromatic nitrogens is 4. The molecule has 0 aliphatic carbocycles. The number of anilines is 1. The molecule has 3 aromatic heterocycles. The molecule has 0 saturated heterocycles. The van der Waals surface area contributed by atoms with Gasteiger partial charge in [0, 0.05) is 11.3 Å². The number of aryl methyl sites for hydroxylation is 2. The Hall–Kier alpha value is -3.26. The molecule has 0 aliphatic heterocycles. The SMILES string of the molecule is CCc1ccc(CN(C(=O)c2cccs2)c2nc3nc(C)c(C)c(=O)n3[nH]2)cc1. The predicted molar refractivity (Wildman–Crippen MR) is 114 cm³/mol. The summed E-state index contributed by atoms with van der Waals surface area (Å²) in [5.41, 5.74) is 3.15. The molecule has 29 heavy (non-hydrogen) atoms. The molecule has 0 radical (unpaired) electrons. The number of H-pyrrole nitrogens is 1. The number of nitrogens with one attached hydrogen (secondary N) is 1. The molecule has 4 aromatic rings. The monoisotopic (exact) mass is 407 g/mol. The van der Waals surface area contributed by atoms with E-state index in [0.29, 0.717) is 22.7 Å². The van der Waals surface area contributed by atoms with Gasteiger partial charge in [-0.05, 0) is 42.8 Å². The van der Waals surface area contributed by atoms with Crippen LogP contribution in [0.2, 0.25) is 0 Å². The van der Waals surface area contributed by atoms with Crippen LogP contribution in [0.1, 0.15) is 39.0 Å². The van der Waals surface area contributed by atoms with E-state index in [4.69, 9.17) is 0 Å². The van der Waals surface area contributed by atoms with Crippen LogP contribution < -0.4 is 10.5 Å². The molecule has 0 fully saturated rings. The summed E-state index contributed by atoms with van der Waals surface area (Å²) in [7, 11) is 0. The first kappa shape index (κ1) is 19.1. The number of carbonyl (C=O) groups excluding carboxylic acids is 1. The van der Waals surface area contributed by atoms with Crippen molar-refractivity contribution in [2.45, 2.75) is 33.7 Å². The minimum absolute atomic E-state index is 0.180. The van der Waals surface area contributed by atoms with Gasteiger partial charge < -0.3 is 0 Å². The van der Waals surface area contributed by atoms with Crippen LogP contribution >= 0.6 is 11.3 Å². The van der Waals surface area contributed by atoms with Crippen molar-refractivity contribution in [1.29, 1.82) is 0 Å². The van der Waals surface area contributed by atoms with Gasteiger partial charge in [0.15, 0.2) is 0 Å². The zero-order chi connectivity index (χ0) is 20.5. The van der Waals surface area contributed by atoms with Crippen molar-refractivity contribution >= 4 is 29.0 Å². The quantitative estimate of drug-likeness (QED) is 0.549. The van der Waals surface area contributed by atoms with Crippen molar-refractivity contribution in [3.05, 3.63) is 79.4 Å². The van der Waals surface area contributed by atoms with Gasteiger partial charge in [0.05, 0.1) is 11.4 Å². The molecule has 1 N–H and O–H groups in total. The van der Waals surface area contributed by atoms with E-state index < -0.39 is 0 Å². The second kappa shape index (κ2) is 7.63. The third-order valence-corrected chi connectivity index (χ3v) is 5.81. The number of nitrogens with zero attached hydrogens (tertiary/aromatic N) is 4. The second-order valence-electron chi connectivity index (χ2n) is 6.85. The highest BCUT2D eigenvalue weighted by atomic mass is 32.1.